The second kappa shape index (κ2) is 9.29. The Morgan fingerprint density at radius 2 is 1.31 bits per heavy atom. The quantitative estimate of drug-likeness (QED) is 0.170. The second-order valence-electron chi connectivity index (χ2n) is 7.03. The van der Waals surface area contributed by atoms with E-state index in [0.29, 0.717) is 0 Å². The molecule has 3 unspecified atom stereocenters. The van der Waals surface area contributed by atoms with Crippen molar-refractivity contribution in [1.82, 2.24) is 0 Å². The van der Waals surface area contributed by atoms with Crippen molar-refractivity contribution in [3.8, 4) is 0 Å². The van der Waals surface area contributed by atoms with Crippen LogP contribution in [-0.4, -0.2) is 149 Å². The predicted octanol–water partition coefficient (Wildman–Crippen LogP) is -7.31. The fourth-order valence-electron chi connectivity index (χ4n) is 3.45. The first kappa shape index (κ1) is 24.7. The van der Waals surface area contributed by atoms with Gasteiger partial charge in [0, 0.05) is 0 Å². The number of hydrogen-bond donors (Lipinski definition) is 11. The Morgan fingerprint density at radius 3 is 1.76 bits per heavy atom. The smallest absolute Gasteiger partial charge is 0.229 e. The van der Waals surface area contributed by atoms with E-state index >= 15 is 0 Å². The Bertz CT molecular complexity index is 529. The van der Waals surface area contributed by atoms with Crippen molar-refractivity contribution < 1.29 is 70.4 Å². The Labute approximate surface area is 164 Å². The van der Waals surface area contributed by atoms with Gasteiger partial charge in [0.25, 0.3) is 0 Å². The third kappa shape index (κ3) is 4.02. The zero-order chi connectivity index (χ0) is 22.1. The van der Waals surface area contributed by atoms with Crippen molar-refractivity contribution in [2.75, 3.05) is 26.4 Å². The summed E-state index contributed by atoms with van der Waals surface area (Å²) in [6, 6.07) is 0. The predicted molar refractivity (Wildman–Crippen MR) is 86.7 cm³/mol. The monoisotopic (exact) mass is 432 g/mol. The summed E-state index contributed by atoms with van der Waals surface area (Å²) in [6.45, 7) is -4.12. The first-order valence-corrected chi connectivity index (χ1v) is 8.80. The normalized spacial score (nSPS) is 47.9. The molecule has 0 aromatic carbocycles. The van der Waals surface area contributed by atoms with Crippen LogP contribution < -0.4 is 0 Å². The molecule has 2 heterocycles. The Balaban J connectivity index is 2.53. The lowest BCUT2D eigenvalue weighted by atomic mass is 9.86. The lowest BCUT2D eigenvalue weighted by Gasteiger charge is -2.53. The Morgan fingerprint density at radius 1 is 0.759 bits per heavy atom. The van der Waals surface area contributed by atoms with E-state index in [9.17, 15) is 51.1 Å². The molecule has 29 heavy (non-hydrogen) atoms. The van der Waals surface area contributed by atoms with Gasteiger partial charge in [-0.2, -0.15) is 0 Å². The highest BCUT2D eigenvalue weighted by Gasteiger charge is 2.66. The highest BCUT2D eigenvalue weighted by molar-refractivity contribution is 5.06. The molecule has 2 saturated heterocycles. The van der Waals surface area contributed by atoms with Gasteiger partial charge >= 0.3 is 0 Å². The molecule has 2 fully saturated rings. The molecule has 0 amide bonds. The van der Waals surface area contributed by atoms with Crippen LogP contribution in [0.15, 0.2) is 0 Å². The van der Waals surface area contributed by atoms with Crippen LogP contribution in [0.2, 0.25) is 0 Å². The molecule has 14 heteroatoms. The molecule has 11 atom stereocenters. The van der Waals surface area contributed by atoms with Gasteiger partial charge in [-0.05, 0) is 0 Å². The topological polar surface area (TPSA) is 250 Å². The van der Waals surface area contributed by atoms with E-state index in [1.165, 1.54) is 0 Å². The third-order valence-corrected chi connectivity index (χ3v) is 5.18. The molecule has 0 aromatic rings. The van der Waals surface area contributed by atoms with E-state index < -0.39 is 92.9 Å². The van der Waals surface area contributed by atoms with Crippen LogP contribution in [0.5, 0.6) is 0 Å². The molecule has 2 aliphatic heterocycles. The molecular formula is C15H28O14. The molecule has 14 nitrogen and oxygen atoms in total. The van der Waals surface area contributed by atoms with Gasteiger partial charge in [0.15, 0.2) is 0 Å². The van der Waals surface area contributed by atoms with E-state index in [1.807, 2.05) is 0 Å². The number of hydrogen-bond acceptors (Lipinski definition) is 14. The number of rotatable bonds is 8. The van der Waals surface area contributed by atoms with Crippen molar-refractivity contribution in [1.29, 1.82) is 0 Å². The maximum atomic E-state index is 10.5. The van der Waals surface area contributed by atoms with Gasteiger partial charge in [-0.1, -0.05) is 0 Å². The first-order valence-electron chi connectivity index (χ1n) is 8.80. The third-order valence-electron chi connectivity index (χ3n) is 5.18. The zero-order valence-electron chi connectivity index (χ0n) is 15.2. The van der Waals surface area contributed by atoms with Crippen molar-refractivity contribution in [3.63, 3.8) is 0 Å². The van der Waals surface area contributed by atoms with E-state index in [-0.39, 0.29) is 0 Å². The molecule has 0 aliphatic carbocycles. The Kier molecular flexibility index (Phi) is 7.92. The number of aliphatic hydroxyl groups is 11. The molecule has 172 valence electrons. The molecule has 0 aromatic heterocycles. The maximum absolute atomic E-state index is 10.5. The summed E-state index contributed by atoms with van der Waals surface area (Å²) in [5.41, 5.74) is 0. The SMILES string of the molecule is OCC(O)C(O)[C@@]1(OC2(CO)O[C@H](CO)[C@@H](O)[C@@H]2O)O[C@H](CO)[C@@H](O)[C@H](O)[C@H]1O. The summed E-state index contributed by atoms with van der Waals surface area (Å²) in [6.07, 6.45) is -17.9. The van der Waals surface area contributed by atoms with Gasteiger partial charge in [0.2, 0.25) is 11.6 Å². The molecule has 0 spiro atoms. The first-order chi connectivity index (χ1) is 13.5. The largest absolute Gasteiger partial charge is 0.394 e. The van der Waals surface area contributed by atoms with Crippen LogP contribution in [0, 0.1) is 0 Å². The number of ether oxygens (including phenoxy) is 3. The van der Waals surface area contributed by atoms with Gasteiger partial charge in [-0.25, -0.2) is 0 Å². The molecule has 0 radical (unpaired) electrons. The van der Waals surface area contributed by atoms with Crippen LogP contribution in [0.4, 0.5) is 0 Å². The average Bonchev–Trinajstić information content (AvgIpc) is 2.97. The zero-order valence-corrected chi connectivity index (χ0v) is 15.2. The Hall–Kier alpha value is -0.560. The van der Waals surface area contributed by atoms with Crippen molar-refractivity contribution in [2.45, 2.75) is 66.5 Å². The van der Waals surface area contributed by atoms with Crippen LogP contribution in [0.1, 0.15) is 0 Å². The molecule has 0 saturated carbocycles. The molecule has 0 bridgehead atoms. The van der Waals surface area contributed by atoms with E-state index in [2.05, 4.69) is 0 Å². The van der Waals surface area contributed by atoms with Crippen molar-refractivity contribution in [3.05, 3.63) is 0 Å². The minimum Gasteiger partial charge on any atom is -0.394 e. The lowest BCUT2D eigenvalue weighted by molar-refractivity contribution is -0.457. The molecule has 11 N–H and O–H groups in total. The van der Waals surface area contributed by atoms with E-state index in [0.717, 1.165) is 0 Å². The van der Waals surface area contributed by atoms with Crippen LogP contribution >= 0.6 is 0 Å². The van der Waals surface area contributed by atoms with E-state index in [1.54, 1.807) is 0 Å². The number of aliphatic hydroxyl groups excluding tert-OH is 11. The second-order valence-corrected chi connectivity index (χ2v) is 7.03. The summed E-state index contributed by atoms with van der Waals surface area (Å²) in [5.74, 6) is -5.63. The summed E-state index contributed by atoms with van der Waals surface area (Å²) in [7, 11) is 0. The minimum absolute atomic E-state index is 0.831. The van der Waals surface area contributed by atoms with E-state index in [4.69, 9.17) is 19.3 Å². The highest BCUT2D eigenvalue weighted by Crippen LogP contribution is 2.43. The van der Waals surface area contributed by atoms with Crippen molar-refractivity contribution >= 4 is 0 Å². The molecular weight excluding hydrogens is 404 g/mol. The fourth-order valence-corrected chi connectivity index (χ4v) is 3.45. The fraction of sp³-hybridized carbons (Fsp3) is 1.00. The van der Waals surface area contributed by atoms with Crippen LogP contribution in [0.3, 0.4) is 0 Å². The van der Waals surface area contributed by atoms with Gasteiger partial charge in [-0.15, -0.1) is 0 Å². The molecule has 2 aliphatic rings. The minimum atomic E-state index is -2.98. The van der Waals surface area contributed by atoms with Gasteiger partial charge < -0.3 is 70.4 Å². The molecule has 2 rings (SSSR count). The van der Waals surface area contributed by atoms with Crippen LogP contribution in [0.25, 0.3) is 0 Å². The van der Waals surface area contributed by atoms with Gasteiger partial charge in [-0.3, -0.25) is 0 Å². The standard InChI is InChI=1S/C15H28O14/c16-1-5(20)11(24)15(13(26)10(23)8(21)6(2-17)28-15)29-14(4-19)12(25)9(22)7(3-18)27-14/h5-13,16-26H,1-4H2/t5?,6-,7-,8-,9-,10+,11?,12+,13-,14?,15+/m1/s1. The summed E-state index contributed by atoms with van der Waals surface area (Å²) < 4.78 is 15.8. The lowest BCUT2D eigenvalue weighted by Crippen LogP contribution is -2.74. The van der Waals surface area contributed by atoms with Crippen molar-refractivity contribution in [2.24, 2.45) is 0 Å². The summed E-state index contributed by atoms with van der Waals surface area (Å²) in [4.78, 5) is 0. The average molecular weight is 432 g/mol. The summed E-state index contributed by atoms with van der Waals surface area (Å²) in [5, 5.41) is 109. The maximum Gasteiger partial charge on any atom is 0.229 e. The van der Waals surface area contributed by atoms with Crippen LogP contribution in [-0.2, 0) is 14.2 Å². The summed E-state index contributed by atoms with van der Waals surface area (Å²) >= 11 is 0. The van der Waals surface area contributed by atoms with Gasteiger partial charge in [0.05, 0.1) is 19.8 Å². The van der Waals surface area contributed by atoms with Gasteiger partial charge in [0.1, 0.15) is 61.5 Å². The highest BCUT2D eigenvalue weighted by atomic mass is 16.8.